The summed E-state index contributed by atoms with van der Waals surface area (Å²) in [6.07, 6.45) is 7.15. The van der Waals surface area contributed by atoms with Crippen molar-refractivity contribution in [1.29, 1.82) is 0 Å². The minimum Gasteiger partial charge on any atom is -0.369 e. The molecule has 1 saturated heterocycles. The van der Waals surface area contributed by atoms with Crippen LogP contribution in [0.25, 0.3) is 0 Å². The Balaban J connectivity index is 1.52. The topological polar surface area (TPSA) is 84.2 Å². The van der Waals surface area contributed by atoms with Crippen LogP contribution in [0.5, 0.6) is 0 Å². The molecule has 1 aliphatic rings. The zero-order valence-corrected chi connectivity index (χ0v) is 14.2. The number of hydrogen-bond donors (Lipinski definition) is 1. The van der Waals surface area contributed by atoms with Gasteiger partial charge in [0.15, 0.2) is 0 Å². The van der Waals surface area contributed by atoms with E-state index in [0.29, 0.717) is 11.5 Å². The Hall–Kier alpha value is -2.44. The van der Waals surface area contributed by atoms with Gasteiger partial charge < -0.3 is 14.7 Å². The van der Waals surface area contributed by atoms with E-state index >= 15 is 0 Å². The third-order valence-electron chi connectivity index (χ3n) is 4.34. The molecule has 2 aromatic rings. The highest BCUT2D eigenvalue weighted by atomic mass is 16.5. The molecule has 0 unspecified atom stereocenters. The van der Waals surface area contributed by atoms with Crippen molar-refractivity contribution in [3.05, 3.63) is 35.1 Å². The van der Waals surface area contributed by atoms with Crippen LogP contribution in [0.3, 0.4) is 0 Å². The zero-order valence-electron chi connectivity index (χ0n) is 14.2. The van der Waals surface area contributed by atoms with Crippen molar-refractivity contribution < 1.29 is 9.32 Å². The Morgan fingerprint density at radius 2 is 2.08 bits per heavy atom. The SMILES string of the molecule is Cc1noc(C)c1CCCNc1cncc(C(=O)N2CCCC2)n1. The molecule has 0 aliphatic carbocycles. The standard InChI is InChI=1S/C17H23N5O2/c1-12-14(13(2)24-21-12)6-5-7-19-16-11-18-10-15(20-16)17(23)22-8-3-4-9-22/h10-11H,3-9H2,1-2H3,(H,19,20). The molecule has 0 bridgehead atoms. The lowest BCUT2D eigenvalue weighted by atomic mass is 10.1. The van der Waals surface area contributed by atoms with Crippen LogP contribution >= 0.6 is 0 Å². The van der Waals surface area contributed by atoms with Gasteiger partial charge in [0.1, 0.15) is 17.3 Å². The third kappa shape index (κ3) is 3.72. The van der Waals surface area contributed by atoms with Gasteiger partial charge in [-0.2, -0.15) is 0 Å². The van der Waals surface area contributed by atoms with Gasteiger partial charge in [0.05, 0.1) is 18.1 Å². The molecule has 0 spiro atoms. The molecule has 0 aromatic carbocycles. The van der Waals surface area contributed by atoms with Crippen molar-refractivity contribution in [2.45, 2.75) is 39.5 Å². The Kier molecular flexibility index (Phi) is 5.08. The number of anilines is 1. The first-order valence-electron chi connectivity index (χ1n) is 8.42. The van der Waals surface area contributed by atoms with Crippen LogP contribution in [0.2, 0.25) is 0 Å². The number of amides is 1. The number of nitrogens with zero attached hydrogens (tertiary/aromatic N) is 4. The molecule has 1 fully saturated rings. The molecule has 1 aliphatic heterocycles. The predicted octanol–water partition coefficient (Wildman–Crippen LogP) is 2.36. The lowest BCUT2D eigenvalue weighted by Crippen LogP contribution is -2.28. The zero-order chi connectivity index (χ0) is 16.9. The van der Waals surface area contributed by atoms with Gasteiger partial charge in [-0.25, -0.2) is 4.98 Å². The second-order valence-electron chi connectivity index (χ2n) is 6.12. The summed E-state index contributed by atoms with van der Waals surface area (Å²) >= 11 is 0. The van der Waals surface area contributed by atoms with Crippen LogP contribution in [-0.2, 0) is 6.42 Å². The first-order chi connectivity index (χ1) is 11.6. The van der Waals surface area contributed by atoms with E-state index < -0.39 is 0 Å². The number of nitrogens with one attached hydrogen (secondary N) is 1. The molecule has 7 nitrogen and oxygen atoms in total. The van der Waals surface area contributed by atoms with Gasteiger partial charge in [-0.1, -0.05) is 5.16 Å². The van der Waals surface area contributed by atoms with E-state index in [1.165, 1.54) is 11.8 Å². The molecule has 0 atom stereocenters. The quantitative estimate of drug-likeness (QED) is 0.819. The van der Waals surface area contributed by atoms with Crippen molar-refractivity contribution in [2.75, 3.05) is 25.0 Å². The van der Waals surface area contributed by atoms with E-state index in [4.69, 9.17) is 4.52 Å². The van der Waals surface area contributed by atoms with E-state index in [-0.39, 0.29) is 5.91 Å². The third-order valence-corrected chi connectivity index (χ3v) is 4.34. The molecule has 7 heteroatoms. The van der Waals surface area contributed by atoms with Crippen LogP contribution < -0.4 is 5.32 Å². The number of hydrogen-bond acceptors (Lipinski definition) is 6. The van der Waals surface area contributed by atoms with Crippen LogP contribution in [0.15, 0.2) is 16.9 Å². The molecule has 3 heterocycles. The second kappa shape index (κ2) is 7.42. The number of aryl methyl sites for hydroxylation is 2. The number of carbonyl (C=O) groups excluding carboxylic acids is 1. The van der Waals surface area contributed by atoms with Crippen molar-refractivity contribution in [2.24, 2.45) is 0 Å². The fourth-order valence-electron chi connectivity index (χ4n) is 2.98. The largest absolute Gasteiger partial charge is 0.369 e. The summed E-state index contributed by atoms with van der Waals surface area (Å²) in [4.78, 5) is 22.7. The van der Waals surface area contributed by atoms with Gasteiger partial charge in [0.2, 0.25) is 0 Å². The molecule has 24 heavy (non-hydrogen) atoms. The molecule has 1 N–H and O–H groups in total. The number of aromatic nitrogens is 3. The Bertz CT molecular complexity index is 687. The van der Waals surface area contributed by atoms with Gasteiger partial charge in [0, 0.05) is 25.2 Å². The van der Waals surface area contributed by atoms with Crippen molar-refractivity contribution in [3.8, 4) is 0 Å². The summed E-state index contributed by atoms with van der Waals surface area (Å²) < 4.78 is 5.17. The molecule has 1 amide bonds. The van der Waals surface area contributed by atoms with E-state index in [1.807, 2.05) is 18.7 Å². The smallest absolute Gasteiger partial charge is 0.274 e. The van der Waals surface area contributed by atoms with Crippen LogP contribution in [0.1, 0.15) is 46.8 Å². The lowest BCUT2D eigenvalue weighted by Gasteiger charge is -2.14. The first kappa shape index (κ1) is 16.4. The highest BCUT2D eigenvalue weighted by Crippen LogP contribution is 2.15. The summed E-state index contributed by atoms with van der Waals surface area (Å²) in [5.74, 6) is 1.49. The summed E-state index contributed by atoms with van der Waals surface area (Å²) in [6, 6.07) is 0. The average molecular weight is 329 g/mol. The van der Waals surface area contributed by atoms with Crippen molar-refractivity contribution in [3.63, 3.8) is 0 Å². The summed E-state index contributed by atoms with van der Waals surface area (Å²) in [5, 5.41) is 7.20. The van der Waals surface area contributed by atoms with Gasteiger partial charge in [-0.15, -0.1) is 0 Å². The van der Waals surface area contributed by atoms with E-state index in [9.17, 15) is 4.79 Å². The minimum atomic E-state index is -0.0284. The molecule has 0 saturated carbocycles. The predicted molar refractivity (Wildman–Crippen MR) is 90.0 cm³/mol. The molecule has 3 rings (SSSR count). The van der Waals surface area contributed by atoms with Crippen LogP contribution in [0, 0.1) is 13.8 Å². The normalized spacial score (nSPS) is 14.2. The van der Waals surface area contributed by atoms with Crippen LogP contribution in [-0.4, -0.2) is 45.6 Å². The van der Waals surface area contributed by atoms with Crippen molar-refractivity contribution in [1.82, 2.24) is 20.0 Å². The first-order valence-corrected chi connectivity index (χ1v) is 8.42. The fourth-order valence-corrected chi connectivity index (χ4v) is 2.98. The highest BCUT2D eigenvalue weighted by molar-refractivity contribution is 5.92. The van der Waals surface area contributed by atoms with Gasteiger partial charge in [-0.05, 0) is 39.5 Å². The maximum absolute atomic E-state index is 12.3. The Morgan fingerprint density at radius 1 is 1.29 bits per heavy atom. The van der Waals surface area contributed by atoms with Gasteiger partial charge >= 0.3 is 0 Å². The van der Waals surface area contributed by atoms with E-state index in [1.54, 1.807) is 6.20 Å². The number of rotatable bonds is 6. The molecule has 0 radical (unpaired) electrons. The summed E-state index contributed by atoms with van der Waals surface area (Å²) in [7, 11) is 0. The van der Waals surface area contributed by atoms with E-state index in [0.717, 1.165) is 56.8 Å². The molecule has 128 valence electrons. The summed E-state index contributed by atoms with van der Waals surface area (Å²) in [6.45, 7) is 6.27. The average Bonchev–Trinajstić information content (AvgIpc) is 3.23. The minimum absolute atomic E-state index is 0.0284. The van der Waals surface area contributed by atoms with E-state index in [2.05, 4.69) is 20.4 Å². The molecular weight excluding hydrogens is 306 g/mol. The Labute approximate surface area is 141 Å². The molecule has 2 aromatic heterocycles. The maximum Gasteiger partial charge on any atom is 0.274 e. The van der Waals surface area contributed by atoms with Crippen molar-refractivity contribution >= 4 is 11.7 Å². The summed E-state index contributed by atoms with van der Waals surface area (Å²) in [5.41, 5.74) is 2.53. The van der Waals surface area contributed by atoms with Gasteiger partial charge in [0.25, 0.3) is 5.91 Å². The molecular formula is C17H23N5O2. The maximum atomic E-state index is 12.3. The van der Waals surface area contributed by atoms with Crippen LogP contribution in [0.4, 0.5) is 5.82 Å². The Morgan fingerprint density at radius 3 is 2.79 bits per heavy atom. The van der Waals surface area contributed by atoms with Gasteiger partial charge in [-0.3, -0.25) is 9.78 Å². The number of carbonyl (C=O) groups is 1. The lowest BCUT2D eigenvalue weighted by molar-refractivity contribution is 0.0786. The fraction of sp³-hybridized carbons (Fsp3) is 0.529. The highest BCUT2D eigenvalue weighted by Gasteiger charge is 2.21. The second-order valence-corrected chi connectivity index (χ2v) is 6.12. The monoisotopic (exact) mass is 329 g/mol. The number of likely N-dealkylation sites (tertiary alicyclic amines) is 1.